The summed E-state index contributed by atoms with van der Waals surface area (Å²) in [6.45, 7) is 5.76. The van der Waals surface area contributed by atoms with Crippen LogP contribution in [0.2, 0.25) is 0 Å². The lowest BCUT2D eigenvalue weighted by atomic mass is 9.98. The second-order valence-corrected chi connectivity index (χ2v) is 16.5. The molecule has 1 unspecified atom stereocenters. The molecule has 6 heterocycles. The van der Waals surface area contributed by atoms with Crippen LogP contribution in [0.25, 0.3) is 22.2 Å². The molecular formula is C45H45F2N9O7. The smallest absolute Gasteiger partial charge is 0.262 e. The molecule has 0 aliphatic carbocycles. The van der Waals surface area contributed by atoms with Gasteiger partial charge in [-0.1, -0.05) is 11.2 Å². The maximum atomic E-state index is 14.6. The summed E-state index contributed by atoms with van der Waals surface area (Å²) >= 11 is 0. The molecule has 0 radical (unpaired) electrons. The van der Waals surface area contributed by atoms with Crippen molar-refractivity contribution in [3.63, 3.8) is 0 Å². The van der Waals surface area contributed by atoms with Gasteiger partial charge in [0.2, 0.25) is 23.6 Å². The molecule has 5 aromatic rings. The van der Waals surface area contributed by atoms with E-state index >= 15 is 0 Å². The molecule has 3 N–H and O–H groups in total. The van der Waals surface area contributed by atoms with Crippen LogP contribution in [0.15, 0.2) is 59.1 Å². The average molecular weight is 862 g/mol. The highest BCUT2D eigenvalue weighted by Crippen LogP contribution is 2.41. The van der Waals surface area contributed by atoms with Crippen LogP contribution < -0.4 is 20.9 Å². The number of hydrogen-bond donors (Lipinski definition) is 3. The Labute approximate surface area is 359 Å². The van der Waals surface area contributed by atoms with Crippen molar-refractivity contribution in [3.05, 3.63) is 94.6 Å². The van der Waals surface area contributed by atoms with Crippen LogP contribution >= 0.6 is 0 Å². The van der Waals surface area contributed by atoms with E-state index in [1.54, 1.807) is 17.0 Å². The summed E-state index contributed by atoms with van der Waals surface area (Å²) in [5.74, 6) is -3.34. The fourth-order valence-corrected chi connectivity index (χ4v) is 9.44. The van der Waals surface area contributed by atoms with Gasteiger partial charge in [0, 0.05) is 68.1 Å². The summed E-state index contributed by atoms with van der Waals surface area (Å²) in [5, 5.41) is 12.4. The number of rotatable bonds is 11. The molecular weight excluding hydrogens is 817 g/mol. The predicted octanol–water partition coefficient (Wildman–Crippen LogP) is 5.11. The van der Waals surface area contributed by atoms with E-state index in [1.165, 1.54) is 12.1 Å². The lowest BCUT2D eigenvalue weighted by Crippen LogP contribution is -2.54. The van der Waals surface area contributed by atoms with Gasteiger partial charge in [0.15, 0.2) is 11.6 Å². The Kier molecular flexibility index (Phi) is 11.1. The van der Waals surface area contributed by atoms with Gasteiger partial charge in [0.1, 0.15) is 17.6 Å². The Hall–Kier alpha value is -6.82. The zero-order chi connectivity index (χ0) is 44.1. The van der Waals surface area contributed by atoms with Crippen molar-refractivity contribution in [1.82, 2.24) is 35.1 Å². The van der Waals surface area contributed by atoms with Gasteiger partial charge in [0.05, 0.1) is 40.4 Å². The van der Waals surface area contributed by atoms with Crippen molar-refractivity contribution in [2.45, 2.75) is 76.9 Å². The first-order chi connectivity index (χ1) is 30.4. The molecule has 2 atom stereocenters. The normalized spacial score (nSPS) is 19.8. The maximum Gasteiger partial charge on any atom is 0.262 e. The van der Waals surface area contributed by atoms with Crippen molar-refractivity contribution in [1.29, 1.82) is 0 Å². The Balaban J connectivity index is 0.855. The van der Waals surface area contributed by atoms with Crippen LogP contribution in [0.4, 0.5) is 20.2 Å². The topological polar surface area (TPSA) is 192 Å². The number of imide groups is 2. The summed E-state index contributed by atoms with van der Waals surface area (Å²) in [4.78, 5) is 86.7. The number of halogens is 2. The van der Waals surface area contributed by atoms with Gasteiger partial charge in [-0.05, 0) is 94.0 Å². The zero-order valence-corrected chi connectivity index (χ0v) is 34.7. The highest BCUT2D eigenvalue weighted by molar-refractivity contribution is 6.23. The molecule has 16 nitrogen and oxygen atoms in total. The number of nitrogens with zero attached hydrogens (tertiary/aromatic N) is 6. The molecule has 6 amide bonds. The minimum Gasteiger partial charge on any atom is -0.383 e. The molecule has 2 aromatic heterocycles. The van der Waals surface area contributed by atoms with Crippen LogP contribution in [-0.2, 0) is 19.2 Å². The van der Waals surface area contributed by atoms with E-state index in [0.717, 1.165) is 44.9 Å². The molecule has 4 aliphatic heterocycles. The lowest BCUT2D eigenvalue weighted by Gasteiger charge is -2.38. The summed E-state index contributed by atoms with van der Waals surface area (Å²) in [6.07, 6.45) is 2.93. The van der Waals surface area contributed by atoms with Crippen molar-refractivity contribution in [3.8, 4) is 11.1 Å². The number of benzene rings is 3. The Morgan fingerprint density at radius 2 is 1.63 bits per heavy atom. The molecule has 4 aliphatic rings. The number of likely N-dealkylation sites (tertiary alicyclic amines) is 1. The van der Waals surface area contributed by atoms with Gasteiger partial charge in [-0.2, -0.15) is 0 Å². The van der Waals surface area contributed by atoms with Gasteiger partial charge in [-0.25, -0.2) is 13.8 Å². The molecule has 0 bridgehead atoms. The fourth-order valence-electron chi connectivity index (χ4n) is 9.44. The second kappa shape index (κ2) is 16.8. The van der Waals surface area contributed by atoms with Gasteiger partial charge < -0.3 is 24.6 Å². The molecule has 0 saturated carbocycles. The van der Waals surface area contributed by atoms with Gasteiger partial charge in [0.25, 0.3) is 11.8 Å². The Morgan fingerprint density at radius 3 is 2.38 bits per heavy atom. The van der Waals surface area contributed by atoms with E-state index in [4.69, 9.17) is 9.51 Å². The number of hydrogen-bond acceptors (Lipinski definition) is 11. The average Bonchev–Trinajstić information content (AvgIpc) is 3.89. The summed E-state index contributed by atoms with van der Waals surface area (Å²) in [5.41, 5.74) is 5.28. The van der Waals surface area contributed by atoms with Crippen LogP contribution in [-0.4, -0.2) is 98.7 Å². The molecule has 18 heteroatoms. The number of anilines is 2. The second-order valence-electron chi connectivity index (χ2n) is 16.5. The van der Waals surface area contributed by atoms with Crippen LogP contribution in [0, 0.1) is 25.5 Å². The van der Waals surface area contributed by atoms with Crippen molar-refractivity contribution in [2.24, 2.45) is 0 Å². The number of amides is 6. The number of carbonyl (C=O) groups excluding carboxylic acids is 6. The Morgan fingerprint density at radius 1 is 0.841 bits per heavy atom. The molecule has 3 fully saturated rings. The van der Waals surface area contributed by atoms with Gasteiger partial charge in [-0.3, -0.25) is 43.9 Å². The highest BCUT2D eigenvalue weighted by Gasteiger charge is 2.45. The number of aryl methyl sites for hydroxylation is 2. The predicted molar refractivity (Wildman–Crippen MR) is 224 cm³/mol. The molecule has 3 saturated heterocycles. The van der Waals surface area contributed by atoms with Crippen molar-refractivity contribution >= 4 is 57.9 Å². The first kappa shape index (κ1) is 41.5. The molecule has 0 spiro atoms. The number of fused-ring (bicyclic) bond motifs is 2. The van der Waals surface area contributed by atoms with Crippen LogP contribution in [0.3, 0.4) is 0 Å². The molecule has 63 heavy (non-hydrogen) atoms. The zero-order valence-electron chi connectivity index (χ0n) is 34.7. The van der Waals surface area contributed by atoms with Gasteiger partial charge in [-0.15, -0.1) is 0 Å². The van der Waals surface area contributed by atoms with E-state index in [1.807, 2.05) is 32.0 Å². The highest BCUT2D eigenvalue weighted by atomic mass is 19.2. The summed E-state index contributed by atoms with van der Waals surface area (Å²) < 4.78 is 36.3. The monoisotopic (exact) mass is 861 g/mol. The SMILES string of the molecule is Cc1noc(C)c1-c1ccc2c(c1)nc([C@@H]1CCCC(=O)N1c1ccc(F)c(F)c1)n2C1CCN(CC(=O)NCCNc2ccc3c(c2)C(=O)N(C2CCC(=O)NC2=O)C3=O)CC1. The quantitative estimate of drug-likeness (QED) is 0.118. The number of piperidine rings is 3. The van der Waals surface area contributed by atoms with E-state index in [2.05, 4.69) is 30.6 Å². The molecule has 3 aromatic carbocycles. The van der Waals surface area contributed by atoms with Gasteiger partial charge >= 0.3 is 0 Å². The first-order valence-electron chi connectivity index (χ1n) is 21.2. The number of aromatic nitrogens is 3. The van der Waals surface area contributed by atoms with E-state index in [0.29, 0.717) is 62.6 Å². The summed E-state index contributed by atoms with van der Waals surface area (Å²) in [6, 6.07) is 12.7. The summed E-state index contributed by atoms with van der Waals surface area (Å²) in [7, 11) is 0. The largest absolute Gasteiger partial charge is 0.383 e. The standard InChI is InChI=1S/C45H45F2N9O7/c1-24-41(25(2)63-52-24)26-6-11-35-34(20-26)50-42(36-4-3-5-40(59)54(36)29-8-10-32(46)33(47)22-29)55(35)28-14-18-53(19-15-28)23-39(58)49-17-16-48-27-7-9-30-31(21-27)45(62)56(44(30)61)37-12-13-38(57)51-43(37)60/h6-11,20-22,28,36-37,48H,3-5,12-19,23H2,1-2H3,(H,49,58)(H,51,57,60)/t36-,37?/m0/s1. The lowest BCUT2D eigenvalue weighted by molar-refractivity contribution is -0.136. The van der Waals surface area contributed by atoms with Crippen LogP contribution in [0.5, 0.6) is 0 Å². The van der Waals surface area contributed by atoms with E-state index in [-0.39, 0.29) is 67.0 Å². The third-order valence-electron chi connectivity index (χ3n) is 12.5. The molecule has 326 valence electrons. The first-order valence-corrected chi connectivity index (χ1v) is 21.2. The fraction of sp³-hybridized carbons (Fsp3) is 0.378. The maximum absolute atomic E-state index is 14.6. The number of nitrogens with one attached hydrogen (secondary N) is 3. The number of imidazole rings is 1. The van der Waals surface area contributed by atoms with Crippen molar-refractivity contribution in [2.75, 3.05) is 42.9 Å². The molecule has 9 rings (SSSR count). The third kappa shape index (κ3) is 7.83. The minimum absolute atomic E-state index is 0.0344. The van der Waals surface area contributed by atoms with Crippen molar-refractivity contribution < 1.29 is 42.1 Å². The third-order valence-corrected chi connectivity index (χ3v) is 12.5. The number of carbonyl (C=O) groups is 6. The van der Waals surface area contributed by atoms with Crippen LogP contribution in [0.1, 0.15) is 95.0 Å². The minimum atomic E-state index is -1.05. The van der Waals surface area contributed by atoms with E-state index in [9.17, 15) is 37.5 Å². The van der Waals surface area contributed by atoms with E-state index < -0.39 is 47.3 Å². The Bertz CT molecular complexity index is 2690.